The van der Waals surface area contributed by atoms with E-state index in [4.69, 9.17) is 39.9 Å². The number of pyridine rings is 1. The number of benzene rings is 1. The van der Waals surface area contributed by atoms with Crippen LogP contribution >= 0.6 is 0 Å². The Morgan fingerprint density at radius 1 is 1.00 bits per heavy atom. The predicted octanol–water partition coefficient (Wildman–Crippen LogP) is 3.36. The number of nitrogens with two attached hydrogens (primary N) is 1. The van der Waals surface area contributed by atoms with Crippen molar-refractivity contribution < 1.29 is 28.5 Å². The van der Waals surface area contributed by atoms with Gasteiger partial charge in [0.05, 0.1) is 69.4 Å². The van der Waals surface area contributed by atoms with E-state index in [-0.39, 0.29) is 18.9 Å². The van der Waals surface area contributed by atoms with Crippen LogP contribution in [0.1, 0.15) is 33.0 Å². The van der Waals surface area contributed by atoms with E-state index in [0.717, 1.165) is 22.2 Å². The summed E-state index contributed by atoms with van der Waals surface area (Å²) in [4.78, 5) is 24.7. The molecule has 42 heavy (non-hydrogen) atoms. The summed E-state index contributed by atoms with van der Waals surface area (Å²) in [6, 6.07) is 7.81. The minimum absolute atomic E-state index is 0.113. The molecular formula is C28H42N8O6. The summed E-state index contributed by atoms with van der Waals surface area (Å²) in [6.07, 6.45) is 0.225. The molecule has 0 aliphatic rings. The Bertz CT molecular complexity index is 1320. The molecule has 1 amide bonds. The quantitative estimate of drug-likeness (QED) is 0.0818. The molecule has 230 valence electrons. The van der Waals surface area contributed by atoms with E-state index in [1.807, 2.05) is 45.0 Å². The highest BCUT2D eigenvalue weighted by Gasteiger charge is 2.26. The molecule has 0 unspecified atom stereocenters. The summed E-state index contributed by atoms with van der Waals surface area (Å²) in [7, 11) is 0. The fourth-order valence-electron chi connectivity index (χ4n) is 4.33. The number of carbonyl (C=O) groups excluding carboxylic acids is 1. The summed E-state index contributed by atoms with van der Waals surface area (Å²) < 4.78 is 29.4. The van der Waals surface area contributed by atoms with Crippen LogP contribution < -0.4 is 11.1 Å². The van der Waals surface area contributed by atoms with Gasteiger partial charge in [-0.1, -0.05) is 23.3 Å². The molecule has 2 heterocycles. The minimum atomic E-state index is -0.594. The fraction of sp³-hybridized carbons (Fsp3) is 0.607. The van der Waals surface area contributed by atoms with Crippen molar-refractivity contribution >= 4 is 33.7 Å². The number of anilines is 1. The summed E-state index contributed by atoms with van der Waals surface area (Å²) in [6.45, 7) is 10.7. The Kier molecular flexibility index (Phi) is 13.7. The van der Waals surface area contributed by atoms with Crippen LogP contribution in [0.4, 0.5) is 5.82 Å². The number of ether oxygens (including phenoxy) is 5. The number of hydrogen-bond donors (Lipinski definition) is 2. The number of amides is 1. The first-order valence-electron chi connectivity index (χ1n) is 14.1. The van der Waals surface area contributed by atoms with Crippen molar-refractivity contribution in [3.63, 3.8) is 0 Å². The molecule has 0 saturated heterocycles. The lowest BCUT2D eigenvalue weighted by molar-refractivity contribution is -0.124. The van der Waals surface area contributed by atoms with Gasteiger partial charge in [-0.3, -0.25) is 4.79 Å². The summed E-state index contributed by atoms with van der Waals surface area (Å²) >= 11 is 0. The van der Waals surface area contributed by atoms with Crippen LogP contribution in [0.25, 0.3) is 32.4 Å². The van der Waals surface area contributed by atoms with Crippen LogP contribution in [-0.2, 0) is 41.6 Å². The Morgan fingerprint density at radius 3 is 2.31 bits per heavy atom. The molecule has 0 fully saturated rings. The largest absolute Gasteiger partial charge is 0.382 e. The maximum atomic E-state index is 12.8. The number of para-hydroxylation sites is 1. The van der Waals surface area contributed by atoms with Gasteiger partial charge in [0.15, 0.2) is 5.82 Å². The van der Waals surface area contributed by atoms with Gasteiger partial charge >= 0.3 is 0 Å². The topological polar surface area (TPSA) is 181 Å². The molecule has 14 nitrogen and oxygen atoms in total. The zero-order valence-corrected chi connectivity index (χ0v) is 24.7. The lowest BCUT2D eigenvalue weighted by atomic mass is 10.0. The lowest BCUT2D eigenvalue weighted by Gasteiger charge is -2.28. The second-order valence-corrected chi connectivity index (χ2v) is 10.0. The molecule has 0 aliphatic heterocycles. The Labute approximate surface area is 245 Å². The molecule has 0 radical (unpaired) electrons. The number of carbonyl (C=O) groups is 1. The highest BCUT2D eigenvalue weighted by molar-refractivity contribution is 6.06. The number of hydrogen-bond acceptors (Lipinski definition) is 10. The van der Waals surface area contributed by atoms with Gasteiger partial charge in [0.2, 0.25) is 5.91 Å². The maximum absolute atomic E-state index is 12.8. The van der Waals surface area contributed by atoms with Gasteiger partial charge in [-0.25, -0.2) is 9.97 Å². The van der Waals surface area contributed by atoms with Gasteiger partial charge in [-0.2, -0.15) is 0 Å². The Balaban J connectivity index is 1.41. The van der Waals surface area contributed by atoms with Crippen LogP contribution in [0.15, 0.2) is 29.4 Å². The normalized spacial score (nSPS) is 11.7. The first-order chi connectivity index (χ1) is 20.4. The molecule has 0 spiro atoms. The number of fused-ring (bicyclic) bond motifs is 3. The molecule has 0 saturated carbocycles. The highest BCUT2D eigenvalue weighted by atomic mass is 16.6. The van der Waals surface area contributed by atoms with E-state index >= 15 is 0 Å². The number of nitrogen functional groups attached to an aromatic ring is 1. The second kappa shape index (κ2) is 17.4. The molecule has 14 heteroatoms. The predicted molar refractivity (Wildman–Crippen MR) is 159 cm³/mol. The molecule has 3 N–H and O–H groups in total. The second-order valence-electron chi connectivity index (χ2n) is 10.0. The smallest absolute Gasteiger partial charge is 0.222 e. The van der Waals surface area contributed by atoms with Crippen molar-refractivity contribution in [3.8, 4) is 0 Å². The van der Waals surface area contributed by atoms with E-state index in [9.17, 15) is 4.79 Å². The van der Waals surface area contributed by atoms with Crippen LogP contribution in [0.3, 0.4) is 0 Å². The van der Waals surface area contributed by atoms with Gasteiger partial charge in [0.25, 0.3) is 0 Å². The molecule has 0 atom stereocenters. The van der Waals surface area contributed by atoms with Gasteiger partial charge in [-0.15, -0.1) is 0 Å². The third-order valence-electron chi connectivity index (χ3n) is 6.14. The molecule has 1 aromatic carbocycles. The van der Waals surface area contributed by atoms with Crippen LogP contribution in [0, 0.1) is 0 Å². The molecule has 3 aromatic rings. The van der Waals surface area contributed by atoms with Crippen molar-refractivity contribution in [1.82, 2.24) is 19.9 Å². The van der Waals surface area contributed by atoms with E-state index in [1.54, 1.807) is 0 Å². The fourth-order valence-corrected chi connectivity index (χ4v) is 4.33. The van der Waals surface area contributed by atoms with Crippen molar-refractivity contribution in [2.75, 3.05) is 71.7 Å². The van der Waals surface area contributed by atoms with Gasteiger partial charge in [0.1, 0.15) is 17.9 Å². The number of aromatic nitrogens is 3. The highest BCUT2D eigenvalue weighted by Crippen LogP contribution is 2.30. The average Bonchev–Trinajstić information content (AvgIpc) is 3.31. The summed E-state index contributed by atoms with van der Waals surface area (Å²) in [5, 5.41) is 7.44. The van der Waals surface area contributed by atoms with E-state index < -0.39 is 5.54 Å². The molecule has 3 rings (SSSR count). The lowest BCUT2D eigenvalue weighted by Crippen LogP contribution is -2.47. The number of nitrogens with one attached hydrogen (secondary N) is 1. The molecule has 2 aromatic heterocycles. The van der Waals surface area contributed by atoms with Crippen LogP contribution in [0.5, 0.6) is 0 Å². The zero-order valence-electron chi connectivity index (χ0n) is 24.7. The first kappa shape index (κ1) is 33.0. The van der Waals surface area contributed by atoms with Gasteiger partial charge in [-0.05, 0) is 32.4 Å². The Morgan fingerprint density at radius 2 is 1.64 bits per heavy atom. The number of nitrogens with zero attached hydrogens (tertiary/aromatic N) is 6. The number of imidazole rings is 1. The van der Waals surface area contributed by atoms with Crippen LogP contribution in [0.2, 0.25) is 0 Å². The van der Waals surface area contributed by atoms with Crippen molar-refractivity contribution in [3.05, 3.63) is 40.5 Å². The number of azide groups is 1. The van der Waals surface area contributed by atoms with Crippen molar-refractivity contribution in [1.29, 1.82) is 0 Å². The standard InChI is InChI=1S/C28H42N8O6/c1-4-38-19-23-33-25-26(21-7-5-6-8-22(21)32-27(25)29)36(23)20-28(2,3)34-24(37)9-11-39-13-15-41-17-18-42-16-14-40-12-10-31-35-30/h5-8H,4,9-20H2,1-3H3,(H2,29,32)(H,34,37). The van der Waals surface area contributed by atoms with Gasteiger partial charge in [0, 0.05) is 36.4 Å². The average molecular weight is 587 g/mol. The monoisotopic (exact) mass is 586 g/mol. The van der Waals surface area contributed by atoms with E-state index in [2.05, 4.69) is 24.9 Å². The van der Waals surface area contributed by atoms with E-state index in [1.165, 1.54) is 0 Å². The van der Waals surface area contributed by atoms with Crippen molar-refractivity contribution in [2.45, 2.75) is 45.9 Å². The maximum Gasteiger partial charge on any atom is 0.222 e. The minimum Gasteiger partial charge on any atom is -0.382 e. The van der Waals surface area contributed by atoms with E-state index in [0.29, 0.717) is 83.9 Å². The molecular weight excluding hydrogens is 544 g/mol. The molecule has 0 bridgehead atoms. The number of rotatable bonds is 21. The summed E-state index contributed by atoms with van der Waals surface area (Å²) in [5.74, 6) is 0.974. The third kappa shape index (κ3) is 10.4. The van der Waals surface area contributed by atoms with Crippen molar-refractivity contribution in [2.24, 2.45) is 5.11 Å². The first-order valence-corrected chi connectivity index (χ1v) is 14.1. The van der Waals surface area contributed by atoms with Crippen LogP contribution in [-0.4, -0.2) is 92.0 Å². The zero-order chi connectivity index (χ0) is 30.2. The summed E-state index contributed by atoms with van der Waals surface area (Å²) in [5.41, 5.74) is 16.1. The van der Waals surface area contributed by atoms with Gasteiger partial charge < -0.3 is 39.3 Å². The SMILES string of the molecule is CCOCc1nc2c(N)nc3ccccc3c2n1CC(C)(C)NC(=O)CCOCCOCCOCCOCCN=[N+]=[N-]. The molecule has 0 aliphatic carbocycles. The Hall–Kier alpha value is -3.52. The third-order valence-corrected chi connectivity index (χ3v) is 6.14.